The van der Waals surface area contributed by atoms with E-state index in [0.29, 0.717) is 12.7 Å². The van der Waals surface area contributed by atoms with E-state index < -0.39 is 26.7 Å². The smallest absolute Gasteiger partial charge is 0.439 e. The Labute approximate surface area is 120 Å². The van der Waals surface area contributed by atoms with Crippen LogP contribution in [0.1, 0.15) is 32.1 Å². The summed E-state index contributed by atoms with van der Waals surface area (Å²) >= 11 is 0. The molecular weight excluding hydrogens is 306 g/mol. The van der Waals surface area contributed by atoms with Crippen LogP contribution in [0.25, 0.3) is 0 Å². The Morgan fingerprint density at radius 2 is 1.76 bits per heavy atom. The Kier molecular flexibility index (Phi) is 3.00. The first-order valence-corrected chi connectivity index (χ1v) is 8.78. The zero-order chi connectivity index (χ0) is 15.6. The number of carbonyl (C=O) groups excluding carboxylic acids is 2. The SMILES string of the molecule is CS(=O)(=O)C(F)(F)C(=O)OC12CC3CC(C1)C(=O)C(C3)C2. The Hall–Kier alpha value is -1.05. The van der Waals surface area contributed by atoms with Gasteiger partial charge < -0.3 is 4.74 Å². The van der Waals surface area contributed by atoms with Crippen LogP contribution in [0.15, 0.2) is 0 Å². The fourth-order valence-electron chi connectivity index (χ4n) is 4.21. The molecule has 0 aliphatic heterocycles. The Morgan fingerprint density at radius 1 is 1.24 bits per heavy atom. The highest BCUT2D eigenvalue weighted by atomic mass is 32.2. The molecule has 0 aromatic rings. The highest BCUT2D eigenvalue weighted by Gasteiger charge is 2.60. The van der Waals surface area contributed by atoms with Crippen molar-refractivity contribution in [3.8, 4) is 0 Å². The van der Waals surface area contributed by atoms with E-state index in [4.69, 9.17) is 4.74 Å². The van der Waals surface area contributed by atoms with Crippen LogP contribution in [0, 0.1) is 17.8 Å². The molecule has 5 nitrogen and oxygen atoms in total. The minimum absolute atomic E-state index is 0.132. The average molecular weight is 322 g/mol. The van der Waals surface area contributed by atoms with Crippen molar-refractivity contribution in [2.45, 2.75) is 43.0 Å². The molecule has 21 heavy (non-hydrogen) atoms. The summed E-state index contributed by atoms with van der Waals surface area (Å²) in [5.74, 6) is -2.17. The number of hydrogen-bond donors (Lipinski definition) is 0. The van der Waals surface area contributed by atoms with Gasteiger partial charge in [0.25, 0.3) is 0 Å². The van der Waals surface area contributed by atoms with Gasteiger partial charge in [-0.2, -0.15) is 8.78 Å². The zero-order valence-corrected chi connectivity index (χ0v) is 12.3. The number of ketones is 1. The lowest BCUT2D eigenvalue weighted by molar-refractivity contribution is -0.201. The van der Waals surface area contributed by atoms with Gasteiger partial charge >= 0.3 is 11.2 Å². The predicted molar refractivity (Wildman–Crippen MR) is 67.2 cm³/mol. The molecule has 8 heteroatoms. The van der Waals surface area contributed by atoms with E-state index in [0.717, 1.165) is 12.8 Å². The lowest BCUT2D eigenvalue weighted by Crippen LogP contribution is -2.58. The molecule has 2 atom stereocenters. The normalized spacial score (nSPS) is 38.6. The topological polar surface area (TPSA) is 77.5 Å². The van der Waals surface area contributed by atoms with Gasteiger partial charge in [0.1, 0.15) is 11.4 Å². The van der Waals surface area contributed by atoms with Gasteiger partial charge in [-0.15, -0.1) is 0 Å². The van der Waals surface area contributed by atoms with Crippen molar-refractivity contribution in [2.24, 2.45) is 17.8 Å². The molecular formula is C13H16F2O5S. The van der Waals surface area contributed by atoms with Gasteiger partial charge in [0, 0.05) is 18.1 Å². The maximum absolute atomic E-state index is 13.6. The van der Waals surface area contributed by atoms with Crippen molar-refractivity contribution in [3.05, 3.63) is 0 Å². The van der Waals surface area contributed by atoms with Crippen LogP contribution in [-0.4, -0.2) is 37.3 Å². The van der Waals surface area contributed by atoms with Crippen LogP contribution in [0.2, 0.25) is 0 Å². The monoisotopic (exact) mass is 322 g/mol. The molecule has 0 radical (unpaired) electrons. The number of hydrogen-bond acceptors (Lipinski definition) is 5. The standard InChI is InChI=1S/C13H16F2O5S/c1-21(18,19)13(14,15)11(17)20-12-4-7-2-8(5-12)10(16)9(3-7)6-12/h7-9H,2-6H2,1H3. The van der Waals surface area contributed by atoms with E-state index in [1.807, 2.05) is 0 Å². The summed E-state index contributed by atoms with van der Waals surface area (Å²) in [5, 5.41) is -4.54. The van der Waals surface area contributed by atoms with Crippen molar-refractivity contribution in [1.29, 1.82) is 0 Å². The molecule has 4 bridgehead atoms. The summed E-state index contributed by atoms with van der Waals surface area (Å²) in [5.41, 5.74) is -1.09. The zero-order valence-electron chi connectivity index (χ0n) is 11.5. The molecule has 0 spiro atoms. The molecule has 0 saturated heterocycles. The molecule has 2 unspecified atom stereocenters. The van der Waals surface area contributed by atoms with Crippen molar-refractivity contribution < 1.29 is 31.5 Å². The molecule has 4 fully saturated rings. The fraction of sp³-hybridized carbons (Fsp3) is 0.846. The van der Waals surface area contributed by atoms with Crippen molar-refractivity contribution in [2.75, 3.05) is 6.26 Å². The summed E-state index contributed by atoms with van der Waals surface area (Å²) in [7, 11) is -4.87. The largest absolute Gasteiger partial charge is 0.454 e. The van der Waals surface area contributed by atoms with Gasteiger partial charge in [-0.3, -0.25) is 4.79 Å². The molecule has 4 aliphatic carbocycles. The first-order valence-electron chi connectivity index (χ1n) is 6.89. The second-order valence-electron chi connectivity index (χ2n) is 6.61. The summed E-state index contributed by atoms with van der Waals surface area (Å²) in [6.07, 6.45) is 2.67. The molecule has 118 valence electrons. The second kappa shape index (κ2) is 4.24. The van der Waals surface area contributed by atoms with Gasteiger partial charge in [0.2, 0.25) is 9.84 Å². The number of carbonyl (C=O) groups is 2. The first-order chi connectivity index (χ1) is 9.54. The van der Waals surface area contributed by atoms with Crippen LogP contribution in [0.4, 0.5) is 8.78 Å². The van der Waals surface area contributed by atoms with E-state index in [9.17, 15) is 26.8 Å². The Balaban J connectivity index is 1.83. The van der Waals surface area contributed by atoms with Crippen molar-refractivity contribution in [1.82, 2.24) is 0 Å². The third-order valence-corrected chi connectivity index (χ3v) is 6.05. The maximum Gasteiger partial charge on any atom is 0.439 e. The molecule has 0 N–H and O–H groups in total. The minimum atomic E-state index is -4.87. The molecule has 4 rings (SSSR count). The number of rotatable bonds is 3. The molecule has 0 aromatic heterocycles. The molecule has 4 aliphatic rings. The average Bonchev–Trinajstić information content (AvgIpc) is 2.32. The number of alkyl halides is 2. The summed E-state index contributed by atoms with van der Waals surface area (Å²) in [4.78, 5) is 23.6. The third kappa shape index (κ3) is 2.18. The Bertz CT molecular complexity index is 594. The molecule has 0 aromatic carbocycles. The molecule has 0 amide bonds. The van der Waals surface area contributed by atoms with Crippen LogP contribution in [-0.2, 0) is 24.2 Å². The predicted octanol–water partition coefficient (Wildman–Crippen LogP) is 1.31. The highest BCUT2D eigenvalue weighted by molar-refractivity contribution is 7.92. The van der Waals surface area contributed by atoms with Gasteiger partial charge in [-0.05, 0) is 38.0 Å². The second-order valence-corrected chi connectivity index (χ2v) is 8.66. The fourth-order valence-corrected chi connectivity index (χ4v) is 4.55. The third-order valence-electron chi connectivity index (χ3n) is 4.95. The van der Waals surface area contributed by atoms with Crippen LogP contribution < -0.4 is 0 Å². The quantitative estimate of drug-likeness (QED) is 0.732. The van der Waals surface area contributed by atoms with Gasteiger partial charge in [0.15, 0.2) is 0 Å². The molecule has 0 heterocycles. The van der Waals surface area contributed by atoms with E-state index >= 15 is 0 Å². The van der Waals surface area contributed by atoms with Crippen LogP contribution in [0.3, 0.4) is 0 Å². The van der Waals surface area contributed by atoms with E-state index in [-0.39, 0.29) is 36.4 Å². The van der Waals surface area contributed by atoms with Crippen LogP contribution >= 0.6 is 0 Å². The number of sulfone groups is 1. The lowest BCUT2D eigenvalue weighted by Gasteiger charge is -2.54. The first kappa shape index (κ1) is 14.9. The van der Waals surface area contributed by atoms with Crippen molar-refractivity contribution in [3.63, 3.8) is 0 Å². The lowest BCUT2D eigenvalue weighted by atomic mass is 9.53. The van der Waals surface area contributed by atoms with Gasteiger partial charge in [-0.25, -0.2) is 13.2 Å². The number of Topliss-reactive ketones (excluding diaryl/α,β-unsaturated/α-hetero) is 1. The van der Waals surface area contributed by atoms with E-state index in [1.165, 1.54) is 0 Å². The van der Waals surface area contributed by atoms with Gasteiger partial charge in [0.05, 0.1) is 0 Å². The van der Waals surface area contributed by atoms with E-state index in [2.05, 4.69) is 0 Å². The highest BCUT2D eigenvalue weighted by Crippen LogP contribution is 2.55. The van der Waals surface area contributed by atoms with Gasteiger partial charge in [-0.1, -0.05) is 0 Å². The maximum atomic E-state index is 13.6. The molecule has 4 saturated carbocycles. The summed E-state index contributed by atoms with van der Waals surface area (Å²) < 4.78 is 54.1. The number of ether oxygens (including phenoxy) is 1. The summed E-state index contributed by atoms with van der Waals surface area (Å²) in [6, 6.07) is 0. The van der Waals surface area contributed by atoms with Crippen LogP contribution in [0.5, 0.6) is 0 Å². The van der Waals surface area contributed by atoms with Crippen molar-refractivity contribution >= 4 is 21.6 Å². The van der Waals surface area contributed by atoms with E-state index in [1.54, 1.807) is 0 Å². The summed E-state index contributed by atoms with van der Waals surface area (Å²) in [6.45, 7) is 0. The number of esters is 1. The number of halogens is 2. The Morgan fingerprint density at radius 3 is 2.24 bits per heavy atom. The minimum Gasteiger partial charge on any atom is -0.454 e.